The van der Waals surface area contributed by atoms with Crippen LogP contribution in [0.15, 0.2) is 39.3 Å². The second-order valence-corrected chi connectivity index (χ2v) is 6.04. The van der Waals surface area contributed by atoms with Crippen LogP contribution in [0.25, 0.3) is 0 Å². The van der Waals surface area contributed by atoms with Crippen molar-refractivity contribution in [3.05, 3.63) is 61.2 Å². The van der Waals surface area contributed by atoms with E-state index >= 15 is 0 Å². The van der Waals surface area contributed by atoms with Crippen LogP contribution in [-0.2, 0) is 0 Å². The zero-order valence-corrected chi connectivity index (χ0v) is 14.1. The van der Waals surface area contributed by atoms with Gasteiger partial charge in [0.1, 0.15) is 11.6 Å². The summed E-state index contributed by atoms with van der Waals surface area (Å²) < 4.78 is 20.0. The summed E-state index contributed by atoms with van der Waals surface area (Å²) in [7, 11) is 1.52. The third kappa shape index (κ3) is 3.05. The topological polar surface area (TPSA) is 26.3 Å². The first-order valence-corrected chi connectivity index (χ1v) is 7.43. The van der Waals surface area contributed by atoms with Crippen LogP contribution in [0.2, 0.25) is 5.02 Å². The summed E-state index contributed by atoms with van der Waals surface area (Å²) in [6.45, 7) is 0. The fraction of sp³-hybridized carbons (Fsp3) is 0.0714. The molecule has 0 saturated heterocycles. The van der Waals surface area contributed by atoms with Gasteiger partial charge in [-0.2, -0.15) is 0 Å². The molecule has 0 radical (unpaired) electrons. The molecule has 6 heteroatoms. The first kappa shape index (κ1) is 15.5. The SMILES string of the molecule is COc1ccc(C(=O)c2cc(Cl)c(Br)cc2F)cc1Br. The highest BCUT2D eigenvalue weighted by Crippen LogP contribution is 2.29. The predicted molar refractivity (Wildman–Crippen MR) is 83.2 cm³/mol. The van der Waals surface area contributed by atoms with E-state index in [2.05, 4.69) is 31.9 Å². The minimum absolute atomic E-state index is 0.0738. The Labute approximate surface area is 137 Å². The number of halogens is 4. The van der Waals surface area contributed by atoms with E-state index in [4.69, 9.17) is 16.3 Å². The lowest BCUT2D eigenvalue weighted by Crippen LogP contribution is -2.05. The van der Waals surface area contributed by atoms with Crippen molar-refractivity contribution in [3.63, 3.8) is 0 Å². The number of benzene rings is 2. The van der Waals surface area contributed by atoms with Crippen LogP contribution in [-0.4, -0.2) is 12.9 Å². The summed E-state index contributed by atoms with van der Waals surface area (Å²) in [5, 5.41) is 0.280. The summed E-state index contributed by atoms with van der Waals surface area (Å²) in [5.41, 5.74) is 0.269. The normalized spacial score (nSPS) is 10.4. The van der Waals surface area contributed by atoms with Crippen LogP contribution in [0.3, 0.4) is 0 Å². The third-order valence-electron chi connectivity index (χ3n) is 2.67. The van der Waals surface area contributed by atoms with E-state index in [0.717, 1.165) is 0 Å². The molecule has 0 fully saturated rings. The van der Waals surface area contributed by atoms with E-state index in [1.807, 2.05) is 0 Å². The maximum absolute atomic E-state index is 13.9. The van der Waals surface area contributed by atoms with Gasteiger partial charge in [0.15, 0.2) is 5.78 Å². The Hall–Kier alpha value is -0.910. The molecule has 0 spiro atoms. The maximum Gasteiger partial charge on any atom is 0.196 e. The van der Waals surface area contributed by atoms with Crippen molar-refractivity contribution >= 4 is 49.2 Å². The summed E-state index contributed by atoms with van der Waals surface area (Å²) in [6.07, 6.45) is 0. The molecule has 104 valence electrons. The zero-order chi connectivity index (χ0) is 14.9. The minimum atomic E-state index is -0.627. The Morgan fingerprint density at radius 1 is 1.20 bits per heavy atom. The third-order valence-corrected chi connectivity index (χ3v) is 4.49. The van der Waals surface area contributed by atoms with Crippen LogP contribution in [0.1, 0.15) is 15.9 Å². The van der Waals surface area contributed by atoms with E-state index in [0.29, 0.717) is 20.3 Å². The molecule has 2 aromatic carbocycles. The van der Waals surface area contributed by atoms with Crippen LogP contribution in [0.5, 0.6) is 5.75 Å². The second kappa shape index (κ2) is 6.24. The van der Waals surface area contributed by atoms with E-state index in [-0.39, 0.29) is 10.6 Å². The average Bonchev–Trinajstić information content (AvgIpc) is 2.42. The molecule has 0 aliphatic heterocycles. The van der Waals surface area contributed by atoms with E-state index in [9.17, 15) is 9.18 Å². The number of methoxy groups -OCH3 is 1. The molecule has 0 aliphatic carbocycles. The average molecular weight is 422 g/mol. The van der Waals surface area contributed by atoms with Crippen LogP contribution in [0, 0.1) is 5.82 Å². The Morgan fingerprint density at radius 3 is 2.50 bits per heavy atom. The van der Waals surface area contributed by atoms with Crippen LogP contribution in [0.4, 0.5) is 4.39 Å². The van der Waals surface area contributed by atoms with Gasteiger partial charge in [0, 0.05) is 10.0 Å². The molecule has 0 amide bonds. The molecular formula is C14H8Br2ClFO2. The van der Waals surface area contributed by atoms with Gasteiger partial charge in [-0.05, 0) is 62.2 Å². The van der Waals surface area contributed by atoms with E-state index < -0.39 is 11.6 Å². The lowest BCUT2D eigenvalue weighted by Gasteiger charge is -2.07. The zero-order valence-electron chi connectivity index (χ0n) is 10.2. The van der Waals surface area contributed by atoms with Gasteiger partial charge in [0.25, 0.3) is 0 Å². The largest absolute Gasteiger partial charge is 0.496 e. The Morgan fingerprint density at radius 2 is 1.90 bits per heavy atom. The molecule has 2 rings (SSSR count). The lowest BCUT2D eigenvalue weighted by molar-refractivity contribution is 0.103. The van der Waals surface area contributed by atoms with E-state index in [1.165, 1.54) is 19.2 Å². The van der Waals surface area contributed by atoms with Crippen LogP contribution >= 0.6 is 43.5 Å². The molecular weight excluding hydrogens is 414 g/mol. The molecule has 0 heterocycles. The predicted octanol–water partition coefficient (Wildman–Crippen LogP) is 5.24. The molecule has 0 saturated carbocycles. The monoisotopic (exact) mass is 420 g/mol. The molecule has 0 bridgehead atoms. The number of carbonyl (C=O) groups excluding carboxylic acids is 1. The molecule has 2 aromatic rings. The summed E-state index contributed by atoms with van der Waals surface area (Å²) in [6, 6.07) is 7.27. The van der Waals surface area contributed by atoms with Gasteiger partial charge in [0.05, 0.1) is 22.2 Å². The lowest BCUT2D eigenvalue weighted by atomic mass is 10.0. The highest BCUT2D eigenvalue weighted by atomic mass is 79.9. The number of ketones is 1. The van der Waals surface area contributed by atoms with Crippen molar-refractivity contribution in [2.45, 2.75) is 0 Å². The molecule has 0 N–H and O–H groups in total. The van der Waals surface area contributed by atoms with Crippen molar-refractivity contribution in [2.24, 2.45) is 0 Å². The number of carbonyl (C=O) groups is 1. The molecule has 0 atom stereocenters. The number of hydrogen-bond donors (Lipinski definition) is 0. The van der Waals surface area contributed by atoms with Gasteiger partial charge in [0.2, 0.25) is 0 Å². The van der Waals surface area contributed by atoms with Crippen molar-refractivity contribution in [1.82, 2.24) is 0 Å². The molecule has 0 aliphatic rings. The Bertz CT molecular complexity index is 689. The van der Waals surface area contributed by atoms with Crippen molar-refractivity contribution in [1.29, 1.82) is 0 Å². The molecule has 20 heavy (non-hydrogen) atoms. The van der Waals surface area contributed by atoms with Crippen LogP contribution < -0.4 is 4.74 Å². The summed E-state index contributed by atoms with van der Waals surface area (Å²) >= 11 is 12.3. The Kier molecular flexibility index (Phi) is 4.83. The maximum atomic E-state index is 13.9. The van der Waals surface area contributed by atoms with Gasteiger partial charge in [-0.25, -0.2) is 4.39 Å². The highest BCUT2D eigenvalue weighted by Gasteiger charge is 2.17. The molecule has 0 aromatic heterocycles. The first-order valence-electron chi connectivity index (χ1n) is 5.47. The first-order chi connectivity index (χ1) is 9.43. The number of rotatable bonds is 3. The second-order valence-electron chi connectivity index (χ2n) is 3.92. The highest BCUT2D eigenvalue weighted by molar-refractivity contribution is 9.10. The fourth-order valence-corrected chi connectivity index (χ4v) is 2.68. The molecule has 0 unspecified atom stereocenters. The summed E-state index contributed by atoms with van der Waals surface area (Å²) in [4.78, 5) is 12.3. The van der Waals surface area contributed by atoms with E-state index in [1.54, 1.807) is 18.2 Å². The number of hydrogen-bond acceptors (Lipinski definition) is 2. The van der Waals surface area contributed by atoms with Crippen molar-refractivity contribution < 1.29 is 13.9 Å². The van der Waals surface area contributed by atoms with Gasteiger partial charge in [-0.3, -0.25) is 4.79 Å². The smallest absolute Gasteiger partial charge is 0.196 e. The van der Waals surface area contributed by atoms with Gasteiger partial charge < -0.3 is 4.74 Å². The standard InChI is InChI=1S/C14H8Br2ClFO2/c1-20-13-3-2-7(4-10(13)16)14(19)8-5-11(17)9(15)6-12(8)18/h2-6H,1H3. The molecule has 2 nitrogen and oxygen atoms in total. The van der Waals surface area contributed by atoms with Gasteiger partial charge in [-0.15, -0.1) is 0 Å². The Balaban J connectivity index is 2.46. The summed E-state index contributed by atoms with van der Waals surface area (Å²) in [5.74, 6) is -0.477. The van der Waals surface area contributed by atoms with Crippen molar-refractivity contribution in [2.75, 3.05) is 7.11 Å². The number of ether oxygens (including phenoxy) is 1. The fourth-order valence-electron chi connectivity index (χ4n) is 1.66. The van der Waals surface area contributed by atoms with Gasteiger partial charge in [-0.1, -0.05) is 11.6 Å². The van der Waals surface area contributed by atoms with Crippen molar-refractivity contribution in [3.8, 4) is 5.75 Å². The minimum Gasteiger partial charge on any atom is -0.496 e. The van der Waals surface area contributed by atoms with Gasteiger partial charge >= 0.3 is 0 Å². The quantitative estimate of drug-likeness (QED) is 0.499.